The van der Waals surface area contributed by atoms with Crippen LogP contribution in [-0.2, 0) is 9.53 Å². The Hall–Kier alpha value is -0.960. The molecule has 0 heterocycles. The molecule has 0 aliphatic heterocycles. The van der Waals surface area contributed by atoms with Crippen LogP contribution in [0, 0.1) is 0 Å². The zero-order chi connectivity index (χ0) is 7.28. The predicted molar refractivity (Wildman–Crippen MR) is 32.9 cm³/mol. The zero-order valence-electron chi connectivity index (χ0n) is 4.50. The first kappa shape index (κ1) is 8.04. The van der Waals surface area contributed by atoms with Crippen molar-refractivity contribution in [2.45, 2.75) is 0 Å². The van der Waals surface area contributed by atoms with Gasteiger partial charge in [0.2, 0.25) is 5.76 Å². The molecule has 0 unspecified atom stereocenters. The van der Waals surface area contributed by atoms with E-state index in [9.17, 15) is 4.79 Å². The summed E-state index contributed by atoms with van der Waals surface area (Å²) in [6.07, 6.45) is 1.03. The SMILES string of the molecule is C=C(OC=CCl)C(=O)O. The van der Waals surface area contributed by atoms with Crippen molar-refractivity contribution in [3.05, 3.63) is 24.1 Å². The molecule has 0 aromatic rings. The van der Waals surface area contributed by atoms with E-state index >= 15 is 0 Å². The lowest BCUT2D eigenvalue weighted by Crippen LogP contribution is -1.98. The first-order valence-electron chi connectivity index (χ1n) is 2.02. The van der Waals surface area contributed by atoms with Crippen LogP contribution in [0.5, 0.6) is 0 Å². The number of carboxylic acids is 1. The Labute approximate surface area is 57.2 Å². The smallest absolute Gasteiger partial charge is 0.371 e. The minimum absolute atomic E-state index is 0.355. The van der Waals surface area contributed by atoms with E-state index in [4.69, 9.17) is 16.7 Å². The summed E-state index contributed by atoms with van der Waals surface area (Å²) in [4.78, 5) is 9.90. The van der Waals surface area contributed by atoms with Crippen molar-refractivity contribution in [2.75, 3.05) is 0 Å². The molecule has 0 radical (unpaired) electrons. The highest BCUT2D eigenvalue weighted by Gasteiger charge is 2.00. The van der Waals surface area contributed by atoms with Gasteiger partial charge < -0.3 is 9.84 Å². The van der Waals surface area contributed by atoms with Crippen molar-refractivity contribution in [1.82, 2.24) is 0 Å². The number of aliphatic carboxylic acids is 1. The Balaban J connectivity index is 3.65. The van der Waals surface area contributed by atoms with Gasteiger partial charge in [0, 0.05) is 5.54 Å². The summed E-state index contributed by atoms with van der Waals surface area (Å²) in [5, 5.41) is 8.11. The van der Waals surface area contributed by atoms with Crippen molar-refractivity contribution >= 4 is 17.6 Å². The molecular formula is C5H5ClO3. The van der Waals surface area contributed by atoms with Gasteiger partial charge in [-0.3, -0.25) is 0 Å². The van der Waals surface area contributed by atoms with E-state index in [0.717, 1.165) is 11.8 Å². The molecule has 50 valence electrons. The van der Waals surface area contributed by atoms with Crippen molar-refractivity contribution in [1.29, 1.82) is 0 Å². The predicted octanol–water partition coefficient (Wildman–Crippen LogP) is 1.31. The average molecular weight is 149 g/mol. The van der Waals surface area contributed by atoms with Gasteiger partial charge in [-0.15, -0.1) is 0 Å². The summed E-state index contributed by atoms with van der Waals surface area (Å²) >= 11 is 5.01. The van der Waals surface area contributed by atoms with E-state index in [-0.39, 0.29) is 5.76 Å². The Morgan fingerprint density at radius 3 is 2.67 bits per heavy atom. The van der Waals surface area contributed by atoms with Gasteiger partial charge in [0.25, 0.3) is 0 Å². The van der Waals surface area contributed by atoms with E-state index in [1.807, 2.05) is 0 Å². The van der Waals surface area contributed by atoms with Gasteiger partial charge >= 0.3 is 5.97 Å². The topological polar surface area (TPSA) is 46.5 Å². The van der Waals surface area contributed by atoms with Crippen LogP contribution in [0.25, 0.3) is 0 Å². The lowest BCUT2D eigenvalue weighted by atomic mass is 10.6. The molecule has 0 aliphatic carbocycles. The van der Waals surface area contributed by atoms with Crippen LogP contribution in [-0.4, -0.2) is 11.1 Å². The molecule has 9 heavy (non-hydrogen) atoms. The number of carbonyl (C=O) groups is 1. The summed E-state index contributed by atoms with van der Waals surface area (Å²) in [6.45, 7) is 3.06. The third-order valence-electron chi connectivity index (χ3n) is 0.500. The lowest BCUT2D eigenvalue weighted by molar-refractivity contribution is -0.135. The quantitative estimate of drug-likeness (QED) is 0.485. The molecule has 0 bridgehead atoms. The fourth-order valence-corrected chi connectivity index (χ4v) is 0.210. The Morgan fingerprint density at radius 1 is 1.78 bits per heavy atom. The summed E-state index contributed by atoms with van der Waals surface area (Å²) < 4.78 is 4.35. The fourth-order valence-electron chi connectivity index (χ4n) is 0.158. The van der Waals surface area contributed by atoms with Crippen LogP contribution in [0.1, 0.15) is 0 Å². The molecule has 0 spiro atoms. The number of hydrogen-bond donors (Lipinski definition) is 1. The van der Waals surface area contributed by atoms with Gasteiger partial charge in [0.05, 0.1) is 0 Å². The molecule has 0 saturated carbocycles. The number of ether oxygens (including phenoxy) is 1. The maximum Gasteiger partial charge on any atom is 0.371 e. The summed E-state index contributed by atoms with van der Waals surface area (Å²) in [6, 6.07) is 0. The van der Waals surface area contributed by atoms with Crippen LogP contribution < -0.4 is 0 Å². The van der Waals surface area contributed by atoms with Crippen molar-refractivity contribution in [3.8, 4) is 0 Å². The average Bonchev–Trinajstić information content (AvgIpc) is 1.82. The normalized spacial score (nSPS) is 9.44. The van der Waals surface area contributed by atoms with Crippen LogP contribution in [0.2, 0.25) is 0 Å². The highest BCUT2D eigenvalue weighted by Crippen LogP contribution is 1.93. The first-order valence-corrected chi connectivity index (χ1v) is 2.46. The Morgan fingerprint density at radius 2 is 2.33 bits per heavy atom. The zero-order valence-corrected chi connectivity index (χ0v) is 5.26. The van der Waals surface area contributed by atoms with Crippen molar-refractivity contribution < 1.29 is 14.6 Å². The Kier molecular flexibility index (Phi) is 3.55. The van der Waals surface area contributed by atoms with Gasteiger partial charge in [-0.25, -0.2) is 4.79 Å². The molecule has 0 saturated heterocycles. The fraction of sp³-hybridized carbons (Fsp3) is 0. The highest BCUT2D eigenvalue weighted by molar-refractivity contribution is 6.25. The van der Waals surface area contributed by atoms with Crippen LogP contribution in [0.3, 0.4) is 0 Å². The molecule has 0 amide bonds. The van der Waals surface area contributed by atoms with E-state index in [2.05, 4.69) is 11.3 Å². The van der Waals surface area contributed by atoms with Gasteiger partial charge in [-0.2, -0.15) is 0 Å². The lowest BCUT2D eigenvalue weighted by Gasteiger charge is -1.94. The van der Waals surface area contributed by atoms with Gasteiger partial charge in [0.15, 0.2) is 0 Å². The largest absolute Gasteiger partial charge is 0.475 e. The van der Waals surface area contributed by atoms with E-state index in [1.54, 1.807) is 0 Å². The molecule has 3 nitrogen and oxygen atoms in total. The minimum atomic E-state index is -1.20. The minimum Gasteiger partial charge on any atom is -0.475 e. The third kappa shape index (κ3) is 3.61. The second-order valence-corrected chi connectivity index (χ2v) is 1.36. The molecule has 0 aromatic carbocycles. The molecule has 0 aliphatic rings. The van der Waals surface area contributed by atoms with E-state index in [1.165, 1.54) is 0 Å². The van der Waals surface area contributed by atoms with Crippen molar-refractivity contribution in [3.63, 3.8) is 0 Å². The molecule has 4 heteroatoms. The second kappa shape index (κ2) is 3.97. The first-order chi connectivity index (χ1) is 4.18. The van der Waals surface area contributed by atoms with Gasteiger partial charge in [-0.05, 0) is 6.58 Å². The van der Waals surface area contributed by atoms with Crippen LogP contribution in [0.15, 0.2) is 24.1 Å². The maximum absolute atomic E-state index is 9.90. The molecule has 0 fully saturated rings. The summed E-state index contributed by atoms with van der Waals surface area (Å²) in [5.41, 5.74) is 1.05. The van der Waals surface area contributed by atoms with Crippen molar-refractivity contribution in [2.24, 2.45) is 0 Å². The summed E-state index contributed by atoms with van der Waals surface area (Å²) in [7, 11) is 0. The van der Waals surface area contributed by atoms with E-state index in [0.29, 0.717) is 0 Å². The number of halogens is 1. The maximum atomic E-state index is 9.90. The van der Waals surface area contributed by atoms with Gasteiger partial charge in [-0.1, -0.05) is 11.6 Å². The standard InChI is InChI=1S/C5H5ClO3/c1-4(5(7)8)9-3-2-6/h2-3H,1H2,(H,7,8). The molecule has 0 rings (SSSR count). The monoisotopic (exact) mass is 148 g/mol. The number of hydrogen-bond acceptors (Lipinski definition) is 2. The molecular weight excluding hydrogens is 144 g/mol. The highest BCUT2D eigenvalue weighted by atomic mass is 35.5. The third-order valence-corrected chi connectivity index (χ3v) is 0.603. The number of rotatable bonds is 3. The molecule has 0 aromatic heterocycles. The van der Waals surface area contributed by atoms with Crippen LogP contribution in [0.4, 0.5) is 0 Å². The molecule has 1 N–H and O–H groups in total. The van der Waals surface area contributed by atoms with Gasteiger partial charge in [0.1, 0.15) is 6.26 Å². The Bertz CT molecular complexity index is 150. The summed E-state index contributed by atoms with van der Waals surface area (Å²) in [5.74, 6) is -1.56. The van der Waals surface area contributed by atoms with Crippen LogP contribution >= 0.6 is 11.6 Å². The second-order valence-electron chi connectivity index (χ2n) is 1.11. The number of carboxylic acid groups (broad SMARTS) is 1. The molecule has 0 atom stereocenters. The van der Waals surface area contributed by atoms with E-state index < -0.39 is 5.97 Å².